The molecule has 4 fully saturated rings. The number of imidazole rings is 1. The van der Waals surface area contributed by atoms with Crippen LogP contribution >= 0.6 is 0 Å². The Bertz CT molecular complexity index is 1300. The fourth-order valence-electron chi connectivity index (χ4n) is 7.54. The Kier molecular flexibility index (Phi) is 7.37. The van der Waals surface area contributed by atoms with E-state index in [0.29, 0.717) is 36.4 Å². The topological polar surface area (TPSA) is 77.3 Å². The highest BCUT2D eigenvalue weighted by molar-refractivity contribution is 5.75. The first-order valence-corrected chi connectivity index (χ1v) is 14.6. The molecular weight excluding hydrogens is 523 g/mol. The SMILES string of the molecule is CN1CCCN(Cc2cc(C(F)(F)F)c3cn(C4CCCC([C@@H](C5CCC5)C5NNCN5C)C4)c(=O)n3c2)C1=O. The van der Waals surface area contributed by atoms with E-state index in [1.165, 1.54) is 31.7 Å². The molecule has 2 aliphatic carbocycles. The van der Waals surface area contributed by atoms with Gasteiger partial charge in [-0.2, -0.15) is 13.2 Å². The lowest BCUT2D eigenvalue weighted by Crippen LogP contribution is -2.50. The van der Waals surface area contributed by atoms with E-state index in [4.69, 9.17) is 0 Å². The molecule has 3 unspecified atom stereocenters. The minimum Gasteiger partial charge on any atom is -0.328 e. The van der Waals surface area contributed by atoms with E-state index in [1.54, 1.807) is 21.4 Å². The molecule has 2 aromatic heterocycles. The van der Waals surface area contributed by atoms with Crippen molar-refractivity contribution in [3.63, 3.8) is 0 Å². The van der Waals surface area contributed by atoms with E-state index in [9.17, 15) is 22.8 Å². The molecule has 0 bridgehead atoms. The van der Waals surface area contributed by atoms with E-state index in [-0.39, 0.29) is 30.3 Å². The van der Waals surface area contributed by atoms with Crippen LogP contribution in [0.4, 0.5) is 18.0 Å². The highest BCUT2D eigenvalue weighted by atomic mass is 19.4. The lowest BCUT2D eigenvalue weighted by atomic mass is 9.65. The molecule has 2 amide bonds. The number of aromatic nitrogens is 2. The summed E-state index contributed by atoms with van der Waals surface area (Å²) in [7, 11) is 3.80. The van der Waals surface area contributed by atoms with Crippen molar-refractivity contribution in [1.82, 2.24) is 34.5 Å². The summed E-state index contributed by atoms with van der Waals surface area (Å²) in [6, 6.07) is 0.748. The molecule has 2 N–H and O–H groups in total. The molecule has 6 rings (SSSR count). The summed E-state index contributed by atoms with van der Waals surface area (Å²) in [5.41, 5.74) is 5.63. The fourth-order valence-corrected chi connectivity index (χ4v) is 7.54. The fraction of sp³-hybridized carbons (Fsp3) is 0.714. The molecule has 4 heterocycles. The summed E-state index contributed by atoms with van der Waals surface area (Å²) < 4.78 is 45.5. The Morgan fingerprint density at radius 2 is 1.75 bits per heavy atom. The van der Waals surface area contributed by atoms with Gasteiger partial charge < -0.3 is 9.80 Å². The molecular formula is C28H40F3N7O2. The third-order valence-corrected chi connectivity index (χ3v) is 9.78. The number of urea groups is 1. The van der Waals surface area contributed by atoms with Crippen LogP contribution in [0.5, 0.6) is 0 Å². The highest BCUT2D eigenvalue weighted by Crippen LogP contribution is 2.47. The van der Waals surface area contributed by atoms with Gasteiger partial charge in [0.2, 0.25) is 0 Å². The maximum atomic E-state index is 14.3. The van der Waals surface area contributed by atoms with E-state index < -0.39 is 17.4 Å². The molecule has 4 atom stereocenters. The van der Waals surface area contributed by atoms with Crippen molar-refractivity contribution < 1.29 is 18.0 Å². The number of hydrazine groups is 1. The summed E-state index contributed by atoms with van der Waals surface area (Å²) in [5, 5.41) is 0. The van der Waals surface area contributed by atoms with E-state index >= 15 is 0 Å². The normalized spacial score (nSPS) is 27.9. The summed E-state index contributed by atoms with van der Waals surface area (Å²) >= 11 is 0. The summed E-state index contributed by atoms with van der Waals surface area (Å²) in [4.78, 5) is 31.7. The molecule has 0 radical (unpaired) electrons. The number of rotatable bonds is 6. The van der Waals surface area contributed by atoms with Crippen LogP contribution in [0, 0.1) is 17.8 Å². The van der Waals surface area contributed by atoms with Crippen LogP contribution < -0.4 is 16.5 Å². The molecule has 2 aromatic rings. The number of hydrogen-bond acceptors (Lipinski definition) is 5. The van der Waals surface area contributed by atoms with Gasteiger partial charge in [0, 0.05) is 45.1 Å². The Hall–Kier alpha value is -2.57. The van der Waals surface area contributed by atoms with Crippen LogP contribution in [0.2, 0.25) is 0 Å². The Labute approximate surface area is 232 Å². The number of fused-ring (bicyclic) bond motifs is 1. The van der Waals surface area contributed by atoms with Crippen LogP contribution in [0.3, 0.4) is 0 Å². The van der Waals surface area contributed by atoms with Gasteiger partial charge in [0.05, 0.1) is 23.9 Å². The first-order valence-electron chi connectivity index (χ1n) is 14.6. The van der Waals surface area contributed by atoms with Crippen molar-refractivity contribution in [1.29, 1.82) is 0 Å². The summed E-state index contributed by atoms with van der Waals surface area (Å²) in [6.07, 6.45) is 6.49. The number of halogens is 3. The minimum atomic E-state index is -4.63. The Morgan fingerprint density at radius 1 is 1.00 bits per heavy atom. The molecule has 2 saturated carbocycles. The number of carbonyl (C=O) groups excluding carboxylic acids is 1. The molecule has 12 heteroatoms. The smallest absolute Gasteiger partial charge is 0.328 e. The lowest BCUT2D eigenvalue weighted by molar-refractivity contribution is -0.136. The second-order valence-corrected chi connectivity index (χ2v) is 12.3. The van der Waals surface area contributed by atoms with Crippen LogP contribution in [0.15, 0.2) is 23.3 Å². The summed E-state index contributed by atoms with van der Waals surface area (Å²) in [6.45, 7) is 1.91. The molecule has 2 saturated heterocycles. The van der Waals surface area contributed by atoms with Gasteiger partial charge in [-0.25, -0.2) is 20.4 Å². The highest BCUT2D eigenvalue weighted by Gasteiger charge is 2.44. The molecule has 9 nitrogen and oxygen atoms in total. The Balaban J connectivity index is 1.32. The van der Waals surface area contributed by atoms with Gasteiger partial charge >= 0.3 is 17.9 Å². The van der Waals surface area contributed by atoms with Crippen molar-refractivity contribution in [2.45, 2.75) is 76.3 Å². The van der Waals surface area contributed by atoms with Gasteiger partial charge in [-0.05, 0) is 62.1 Å². The number of hydrogen-bond donors (Lipinski definition) is 2. The number of amides is 2. The third kappa shape index (κ3) is 5.02. The standard InChI is InChI=1S/C28H40F3N7O2/c1-34-10-5-11-36(26(34)39)14-18-12-22(28(29,30)31)23-16-37(27(40)38(23)15-18)21-9-4-8-20(13-21)24(19-6-3-7-19)25-33-32-17-35(25)2/h12,15-16,19-21,24-25,32-33H,3-11,13-14,17H2,1-2H3/t20?,21?,24-,25?/m1/s1. The third-order valence-electron chi connectivity index (χ3n) is 9.78. The van der Waals surface area contributed by atoms with Crippen LogP contribution in [0.25, 0.3) is 5.52 Å². The molecule has 220 valence electrons. The quantitative estimate of drug-likeness (QED) is 0.559. The van der Waals surface area contributed by atoms with E-state index in [2.05, 4.69) is 22.8 Å². The largest absolute Gasteiger partial charge is 0.418 e. The monoisotopic (exact) mass is 563 g/mol. The number of pyridine rings is 1. The number of nitrogens with one attached hydrogen (secondary N) is 2. The first kappa shape index (κ1) is 27.6. The van der Waals surface area contributed by atoms with Crippen molar-refractivity contribution in [3.05, 3.63) is 40.1 Å². The molecule has 0 spiro atoms. The number of alkyl halides is 3. The predicted octanol–water partition coefficient (Wildman–Crippen LogP) is 3.85. The average Bonchev–Trinajstić information content (AvgIpc) is 3.46. The van der Waals surface area contributed by atoms with Gasteiger partial charge in [0.25, 0.3) is 0 Å². The second-order valence-electron chi connectivity index (χ2n) is 12.3. The Morgan fingerprint density at radius 3 is 2.42 bits per heavy atom. The zero-order valence-corrected chi connectivity index (χ0v) is 23.3. The second kappa shape index (κ2) is 10.7. The number of carbonyl (C=O) groups is 1. The molecule has 0 aromatic carbocycles. The number of nitrogens with zero attached hydrogens (tertiary/aromatic N) is 5. The van der Waals surface area contributed by atoms with Crippen molar-refractivity contribution >= 4 is 11.5 Å². The molecule has 40 heavy (non-hydrogen) atoms. The van der Waals surface area contributed by atoms with Gasteiger partial charge in [-0.1, -0.05) is 25.7 Å². The lowest BCUT2D eigenvalue weighted by Gasteiger charge is -2.46. The maximum Gasteiger partial charge on any atom is 0.418 e. The maximum absolute atomic E-state index is 14.3. The van der Waals surface area contributed by atoms with Crippen molar-refractivity contribution in [2.24, 2.45) is 17.8 Å². The van der Waals surface area contributed by atoms with Gasteiger partial charge in [0.1, 0.15) is 0 Å². The zero-order chi connectivity index (χ0) is 28.2. The van der Waals surface area contributed by atoms with Gasteiger partial charge in [0.15, 0.2) is 0 Å². The van der Waals surface area contributed by atoms with Crippen molar-refractivity contribution in [3.8, 4) is 0 Å². The van der Waals surface area contributed by atoms with Crippen LogP contribution in [-0.2, 0) is 12.7 Å². The van der Waals surface area contributed by atoms with E-state index in [1.807, 2.05) is 0 Å². The van der Waals surface area contributed by atoms with E-state index in [0.717, 1.165) is 49.2 Å². The average molecular weight is 564 g/mol. The van der Waals surface area contributed by atoms with Crippen LogP contribution in [-0.4, -0.2) is 69.7 Å². The first-order chi connectivity index (χ1) is 19.1. The predicted molar refractivity (Wildman–Crippen MR) is 144 cm³/mol. The molecule has 4 aliphatic rings. The molecule has 2 aliphatic heterocycles. The zero-order valence-electron chi connectivity index (χ0n) is 23.3. The van der Waals surface area contributed by atoms with Gasteiger partial charge in [-0.3, -0.25) is 13.9 Å². The van der Waals surface area contributed by atoms with Crippen molar-refractivity contribution in [2.75, 3.05) is 33.9 Å². The van der Waals surface area contributed by atoms with Crippen LogP contribution in [0.1, 0.15) is 68.5 Å². The van der Waals surface area contributed by atoms with Gasteiger partial charge in [-0.15, -0.1) is 0 Å². The summed E-state index contributed by atoms with van der Waals surface area (Å²) in [5.74, 6) is 1.45. The minimum absolute atomic E-state index is 0.0321.